The third-order valence-electron chi connectivity index (χ3n) is 4.82. The van der Waals surface area contributed by atoms with Gasteiger partial charge in [-0.05, 0) is 29.0 Å². The SMILES string of the molecule is C.CC1N(c2cc(Oc3cccnc3)cnc2[N+](=O)[O-])CCOC12COC2. The molecule has 0 radical (unpaired) electrons. The van der Waals surface area contributed by atoms with Crippen molar-refractivity contribution in [2.75, 3.05) is 31.3 Å². The molecule has 9 nitrogen and oxygen atoms in total. The highest BCUT2D eigenvalue weighted by Crippen LogP contribution is 2.39. The van der Waals surface area contributed by atoms with E-state index in [0.29, 0.717) is 43.6 Å². The van der Waals surface area contributed by atoms with Crippen LogP contribution in [0.2, 0.25) is 0 Å². The molecule has 9 heteroatoms. The van der Waals surface area contributed by atoms with Gasteiger partial charge in [0.05, 0.1) is 32.1 Å². The summed E-state index contributed by atoms with van der Waals surface area (Å²) in [5.41, 5.74) is -0.00903. The van der Waals surface area contributed by atoms with Gasteiger partial charge in [0.15, 0.2) is 11.9 Å². The van der Waals surface area contributed by atoms with E-state index < -0.39 is 10.5 Å². The third kappa shape index (κ3) is 3.43. The fourth-order valence-electron chi connectivity index (χ4n) is 3.28. The van der Waals surface area contributed by atoms with E-state index in [9.17, 15) is 10.1 Å². The lowest BCUT2D eigenvalue weighted by molar-refractivity contribution is -0.388. The summed E-state index contributed by atoms with van der Waals surface area (Å²) in [6.45, 7) is 3.95. The zero-order chi connectivity index (χ0) is 18.1. The molecule has 2 fully saturated rings. The monoisotopic (exact) mass is 374 g/mol. The van der Waals surface area contributed by atoms with Crippen molar-refractivity contribution in [2.45, 2.75) is 26.0 Å². The van der Waals surface area contributed by atoms with Gasteiger partial charge in [-0.3, -0.25) is 4.98 Å². The van der Waals surface area contributed by atoms with Gasteiger partial charge in [-0.1, -0.05) is 7.43 Å². The van der Waals surface area contributed by atoms with Crippen molar-refractivity contribution in [1.82, 2.24) is 9.97 Å². The molecular weight excluding hydrogens is 352 g/mol. The first-order chi connectivity index (χ1) is 12.6. The zero-order valence-corrected chi connectivity index (χ0v) is 14.2. The first-order valence-corrected chi connectivity index (χ1v) is 8.30. The lowest BCUT2D eigenvalue weighted by Crippen LogP contribution is -2.68. The number of aromatic nitrogens is 2. The Morgan fingerprint density at radius 2 is 2.19 bits per heavy atom. The molecule has 1 atom stereocenters. The van der Waals surface area contributed by atoms with Gasteiger partial charge in [0.25, 0.3) is 0 Å². The lowest BCUT2D eigenvalue weighted by Gasteiger charge is -2.53. The molecule has 0 aromatic carbocycles. The highest BCUT2D eigenvalue weighted by atomic mass is 16.6. The molecule has 0 amide bonds. The Balaban J connectivity index is 0.00000210. The summed E-state index contributed by atoms with van der Waals surface area (Å²) in [4.78, 5) is 21.0. The van der Waals surface area contributed by atoms with Crippen LogP contribution in [0.1, 0.15) is 14.4 Å². The molecule has 2 aromatic rings. The van der Waals surface area contributed by atoms with E-state index in [1.807, 2.05) is 11.8 Å². The Hall–Kier alpha value is -2.78. The Morgan fingerprint density at radius 1 is 1.37 bits per heavy atom. The first-order valence-electron chi connectivity index (χ1n) is 8.30. The van der Waals surface area contributed by atoms with Crippen LogP contribution in [-0.4, -0.2) is 52.9 Å². The van der Waals surface area contributed by atoms with Crippen LogP contribution in [0.4, 0.5) is 11.5 Å². The van der Waals surface area contributed by atoms with Gasteiger partial charge in [-0.25, -0.2) is 0 Å². The minimum Gasteiger partial charge on any atom is -0.452 e. The van der Waals surface area contributed by atoms with Gasteiger partial charge in [-0.2, -0.15) is 0 Å². The second-order valence-electron chi connectivity index (χ2n) is 6.34. The van der Waals surface area contributed by atoms with Crippen molar-refractivity contribution >= 4 is 11.5 Å². The number of hydrogen-bond acceptors (Lipinski definition) is 8. The summed E-state index contributed by atoms with van der Waals surface area (Å²) in [6, 6.07) is 5.07. The van der Waals surface area contributed by atoms with Crippen LogP contribution < -0.4 is 9.64 Å². The summed E-state index contributed by atoms with van der Waals surface area (Å²) >= 11 is 0. The van der Waals surface area contributed by atoms with Gasteiger partial charge in [-0.15, -0.1) is 0 Å². The zero-order valence-electron chi connectivity index (χ0n) is 14.2. The highest BCUT2D eigenvalue weighted by Gasteiger charge is 2.50. The molecule has 0 N–H and O–H groups in total. The van der Waals surface area contributed by atoms with E-state index in [2.05, 4.69) is 9.97 Å². The Bertz CT molecular complexity index is 813. The number of nitro groups is 1. The van der Waals surface area contributed by atoms with Crippen molar-refractivity contribution in [3.05, 3.63) is 46.9 Å². The Morgan fingerprint density at radius 3 is 2.81 bits per heavy atom. The van der Waals surface area contributed by atoms with E-state index in [-0.39, 0.29) is 19.3 Å². The molecule has 2 saturated heterocycles. The van der Waals surface area contributed by atoms with E-state index >= 15 is 0 Å². The average molecular weight is 374 g/mol. The molecule has 2 aromatic heterocycles. The number of hydrogen-bond donors (Lipinski definition) is 0. The second kappa shape index (κ2) is 7.45. The fraction of sp³-hybridized carbons (Fsp3) is 0.444. The van der Waals surface area contributed by atoms with Crippen LogP contribution in [-0.2, 0) is 9.47 Å². The third-order valence-corrected chi connectivity index (χ3v) is 4.82. The Kier molecular flexibility index (Phi) is 5.24. The normalized spacial score (nSPS) is 20.5. The quantitative estimate of drug-likeness (QED) is 0.595. The molecule has 1 unspecified atom stereocenters. The number of anilines is 1. The minimum atomic E-state index is -0.477. The van der Waals surface area contributed by atoms with E-state index in [1.165, 1.54) is 6.20 Å². The molecule has 0 saturated carbocycles. The molecule has 2 aliphatic heterocycles. The molecule has 27 heavy (non-hydrogen) atoms. The molecule has 144 valence electrons. The van der Waals surface area contributed by atoms with Crippen LogP contribution in [0.5, 0.6) is 11.5 Å². The second-order valence-corrected chi connectivity index (χ2v) is 6.34. The van der Waals surface area contributed by atoms with Gasteiger partial charge in [0.1, 0.15) is 17.0 Å². The average Bonchev–Trinajstić information content (AvgIpc) is 2.61. The molecule has 2 aliphatic rings. The van der Waals surface area contributed by atoms with E-state index in [0.717, 1.165) is 0 Å². The van der Waals surface area contributed by atoms with Gasteiger partial charge in [0, 0.05) is 18.8 Å². The van der Waals surface area contributed by atoms with Crippen LogP contribution in [0, 0.1) is 10.1 Å². The molecule has 0 bridgehead atoms. The van der Waals surface area contributed by atoms with Crippen molar-refractivity contribution in [2.24, 2.45) is 0 Å². The van der Waals surface area contributed by atoms with Crippen LogP contribution >= 0.6 is 0 Å². The summed E-state index contributed by atoms with van der Waals surface area (Å²) in [5.74, 6) is 0.747. The minimum absolute atomic E-state index is 0. The maximum atomic E-state index is 11.5. The van der Waals surface area contributed by atoms with Crippen molar-refractivity contribution in [3.63, 3.8) is 0 Å². The van der Waals surface area contributed by atoms with Gasteiger partial charge in [0.2, 0.25) is 0 Å². The fourth-order valence-corrected chi connectivity index (χ4v) is 3.28. The standard InChI is InChI=1S/C17H18N4O5.CH4/c1-12-17(10-24-11-17)25-6-5-20(12)15-7-14(9-19-16(15)21(22)23)26-13-3-2-4-18-8-13;/h2-4,7-9,12H,5-6,10-11H2,1H3;1H4. The van der Waals surface area contributed by atoms with E-state index in [4.69, 9.17) is 14.2 Å². The van der Waals surface area contributed by atoms with Crippen LogP contribution in [0.3, 0.4) is 0 Å². The summed E-state index contributed by atoms with van der Waals surface area (Å²) in [7, 11) is 0. The van der Waals surface area contributed by atoms with Crippen LogP contribution in [0.25, 0.3) is 0 Å². The van der Waals surface area contributed by atoms with Gasteiger partial charge < -0.3 is 29.2 Å². The summed E-state index contributed by atoms with van der Waals surface area (Å²) in [5, 5.41) is 11.5. The number of ether oxygens (including phenoxy) is 3. The summed E-state index contributed by atoms with van der Waals surface area (Å²) < 4.78 is 17.0. The number of rotatable bonds is 4. The maximum absolute atomic E-state index is 11.5. The first kappa shape index (κ1) is 19.0. The lowest BCUT2D eigenvalue weighted by atomic mass is 9.90. The highest BCUT2D eigenvalue weighted by molar-refractivity contribution is 5.63. The molecule has 0 aliphatic carbocycles. The van der Waals surface area contributed by atoms with Gasteiger partial charge >= 0.3 is 5.82 Å². The van der Waals surface area contributed by atoms with Crippen LogP contribution in [0.15, 0.2) is 36.8 Å². The molecule has 4 rings (SSSR count). The molecule has 4 heterocycles. The predicted octanol–water partition coefficient (Wildman–Crippen LogP) is 2.81. The smallest absolute Gasteiger partial charge is 0.387 e. The molecule has 1 spiro atoms. The predicted molar refractivity (Wildman–Crippen MR) is 98.2 cm³/mol. The molecular formula is C18H22N4O5. The summed E-state index contributed by atoms with van der Waals surface area (Å²) in [6.07, 6.45) is 4.56. The Labute approximate surface area is 157 Å². The van der Waals surface area contributed by atoms with Crippen molar-refractivity contribution in [3.8, 4) is 11.5 Å². The number of pyridine rings is 2. The number of morpholine rings is 1. The maximum Gasteiger partial charge on any atom is 0.387 e. The number of nitrogens with zero attached hydrogens (tertiary/aromatic N) is 4. The topological polar surface area (TPSA) is 99.9 Å². The van der Waals surface area contributed by atoms with Crippen molar-refractivity contribution in [1.29, 1.82) is 0 Å². The van der Waals surface area contributed by atoms with E-state index in [1.54, 1.807) is 30.6 Å². The largest absolute Gasteiger partial charge is 0.452 e. The van der Waals surface area contributed by atoms with Crippen molar-refractivity contribution < 1.29 is 19.1 Å².